The maximum atomic E-state index is 13.0. The van der Waals surface area contributed by atoms with Gasteiger partial charge in [-0.15, -0.1) is 0 Å². The van der Waals surface area contributed by atoms with Gasteiger partial charge in [0.1, 0.15) is 12.0 Å². The maximum absolute atomic E-state index is 13.0. The summed E-state index contributed by atoms with van der Waals surface area (Å²) in [5.74, 6) is -0.0142. The second kappa shape index (κ2) is 8.16. The highest BCUT2D eigenvalue weighted by Gasteiger charge is 2.31. The summed E-state index contributed by atoms with van der Waals surface area (Å²) in [4.78, 5) is 16.6. The van der Waals surface area contributed by atoms with Crippen LogP contribution in [0.4, 0.5) is 18.9 Å². The van der Waals surface area contributed by atoms with Gasteiger partial charge in [0.2, 0.25) is 11.8 Å². The maximum Gasteiger partial charge on any atom is 0.416 e. The third-order valence-electron chi connectivity index (χ3n) is 3.79. The van der Waals surface area contributed by atoms with Crippen LogP contribution in [0, 0.1) is 0 Å². The third kappa shape index (κ3) is 4.70. The van der Waals surface area contributed by atoms with E-state index in [1.165, 1.54) is 12.3 Å². The number of carbonyl (C=O) groups is 1. The minimum atomic E-state index is -4.53. The van der Waals surface area contributed by atoms with E-state index in [-0.39, 0.29) is 24.5 Å². The molecule has 5 nitrogen and oxygen atoms in total. The van der Waals surface area contributed by atoms with Gasteiger partial charge < -0.3 is 14.5 Å². The zero-order chi connectivity index (χ0) is 20.1. The number of nitrogens with zero attached hydrogens (tertiary/aromatic N) is 1. The molecule has 0 saturated carbocycles. The van der Waals surface area contributed by atoms with E-state index < -0.39 is 17.6 Å². The van der Waals surface area contributed by atoms with E-state index in [9.17, 15) is 18.0 Å². The van der Waals surface area contributed by atoms with E-state index in [0.717, 1.165) is 17.7 Å². The molecule has 28 heavy (non-hydrogen) atoms. The molecule has 0 aliphatic carbocycles. The highest BCUT2D eigenvalue weighted by atomic mass is 19.4. The van der Waals surface area contributed by atoms with Gasteiger partial charge >= 0.3 is 6.18 Å². The largest absolute Gasteiger partial charge is 0.492 e. The average Bonchev–Trinajstić information content (AvgIpc) is 3.11. The van der Waals surface area contributed by atoms with Crippen LogP contribution in [-0.2, 0) is 17.4 Å². The number of carbonyl (C=O) groups excluding carboxylic acids is 1. The minimum absolute atomic E-state index is 0.0477. The topological polar surface area (TPSA) is 64.4 Å². The van der Waals surface area contributed by atoms with Crippen molar-refractivity contribution in [3.8, 4) is 17.2 Å². The van der Waals surface area contributed by atoms with Gasteiger partial charge in [0.15, 0.2) is 0 Å². The molecule has 1 N–H and O–H groups in total. The molecule has 3 rings (SSSR count). The molecule has 0 fully saturated rings. The van der Waals surface area contributed by atoms with E-state index in [0.29, 0.717) is 11.6 Å². The SMILES string of the molecule is CCOc1ccc(C(F)(F)F)cc1NC(=O)Cc1coc(-c2ccccc2)n1. The molecular formula is C20H17F3N2O3. The van der Waals surface area contributed by atoms with Crippen molar-refractivity contribution in [3.05, 3.63) is 66.1 Å². The number of halogens is 3. The Morgan fingerprint density at radius 1 is 1.18 bits per heavy atom. The van der Waals surface area contributed by atoms with Crippen molar-refractivity contribution in [2.45, 2.75) is 19.5 Å². The van der Waals surface area contributed by atoms with Crippen molar-refractivity contribution in [1.82, 2.24) is 4.98 Å². The molecule has 0 saturated heterocycles. The summed E-state index contributed by atoms with van der Waals surface area (Å²) >= 11 is 0. The van der Waals surface area contributed by atoms with Crippen molar-refractivity contribution in [1.29, 1.82) is 0 Å². The first kappa shape index (κ1) is 19.5. The first-order chi connectivity index (χ1) is 13.4. The highest BCUT2D eigenvalue weighted by Crippen LogP contribution is 2.35. The van der Waals surface area contributed by atoms with Gasteiger partial charge in [-0.1, -0.05) is 18.2 Å². The Morgan fingerprint density at radius 2 is 1.93 bits per heavy atom. The Bertz CT molecular complexity index is 953. The Labute approximate surface area is 159 Å². The molecule has 0 atom stereocenters. The number of hydrogen-bond acceptors (Lipinski definition) is 4. The smallest absolute Gasteiger partial charge is 0.416 e. The van der Waals surface area contributed by atoms with Crippen LogP contribution in [0.2, 0.25) is 0 Å². The molecule has 0 aliphatic rings. The monoisotopic (exact) mass is 390 g/mol. The fourth-order valence-electron chi connectivity index (χ4n) is 2.55. The molecule has 1 aromatic heterocycles. The zero-order valence-electron chi connectivity index (χ0n) is 14.9. The molecular weight excluding hydrogens is 373 g/mol. The summed E-state index contributed by atoms with van der Waals surface area (Å²) in [6.45, 7) is 1.95. The van der Waals surface area contributed by atoms with Crippen LogP contribution < -0.4 is 10.1 Å². The number of alkyl halides is 3. The standard InChI is InChI=1S/C20H17F3N2O3/c1-2-27-17-9-8-14(20(21,22)23)10-16(17)25-18(26)11-15-12-28-19(24-15)13-6-4-3-5-7-13/h3-10,12H,2,11H2,1H3,(H,25,26). The minimum Gasteiger partial charge on any atom is -0.492 e. The van der Waals surface area contributed by atoms with E-state index in [4.69, 9.17) is 9.15 Å². The van der Waals surface area contributed by atoms with Gasteiger partial charge in [-0.25, -0.2) is 4.98 Å². The second-order valence-electron chi connectivity index (χ2n) is 5.88. The number of oxazole rings is 1. The third-order valence-corrected chi connectivity index (χ3v) is 3.79. The number of hydrogen-bond donors (Lipinski definition) is 1. The highest BCUT2D eigenvalue weighted by molar-refractivity contribution is 5.93. The van der Waals surface area contributed by atoms with E-state index >= 15 is 0 Å². The molecule has 0 unspecified atom stereocenters. The van der Waals surface area contributed by atoms with Crippen molar-refractivity contribution in [2.24, 2.45) is 0 Å². The fourth-order valence-corrected chi connectivity index (χ4v) is 2.55. The van der Waals surface area contributed by atoms with Crippen LogP contribution in [0.15, 0.2) is 59.2 Å². The van der Waals surface area contributed by atoms with E-state index in [2.05, 4.69) is 10.3 Å². The molecule has 1 amide bonds. The normalized spacial score (nSPS) is 11.3. The summed E-state index contributed by atoms with van der Waals surface area (Å²) in [7, 11) is 0. The second-order valence-corrected chi connectivity index (χ2v) is 5.88. The molecule has 1 heterocycles. The first-order valence-electron chi connectivity index (χ1n) is 8.50. The van der Waals surface area contributed by atoms with Crippen molar-refractivity contribution in [3.63, 3.8) is 0 Å². The average molecular weight is 390 g/mol. The number of benzene rings is 2. The lowest BCUT2D eigenvalue weighted by Crippen LogP contribution is -2.16. The predicted molar refractivity (Wildman–Crippen MR) is 96.9 cm³/mol. The molecule has 146 valence electrons. The van der Waals surface area contributed by atoms with Gasteiger partial charge in [-0.2, -0.15) is 13.2 Å². The number of aromatic nitrogens is 1. The Balaban J connectivity index is 1.75. The van der Waals surface area contributed by atoms with Crippen LogP contribution >= 0.6 is 0 Å². The molecule has 0 spiro atoms. The van der Waals surface area contributed by atoms with E-state index in [1.807, 2.05) is 30.3 Å². The molecule has 3 aromatic rings. The number of anilines is 1. The van der Waals surface area contributed by atoms with Crippen LogP contribution in [0.5, 0.6) is 5.75 Å². The zero-order valence-corrected chi connectivity index (χ0v) is 14.9. The van der Waals surface area contributed by atoms with Crippen LogP contribution in [0.25, 0.3) is 11.5 Å². The lowest BCUT2D eigenvalue weighted by atomic mass is 10.1. The number of nitrogens with one attached hydrogen (secondary N) is 1. The van der Waals surface area contributed by atoms with Gasteiger partial charge in [-0.05, 0) is 37.3 Å². The van der Waals surface area contributed by atoms with Crippen LogP contribution in [-0.4, -0.2) is 17.5 Å². The Hall–Kier alpha value is -3.29. The molecule has 0 radical (unpaired) electrons. The number of amides is 1. The van der Waals surface area contributed by atoms with Gasteiger partial charge in [-0.3, -0.25) is 4.79 Å². The lowest BCUT2D eigenvalue weighted by Gasteiger charge is -2.14. The molecule has 8 heteroatoms. The summed E-state index contributed by atoms with van der Waals surface area (Å²) in [5.41, 5.74) is 0.194. The molecule has 2 aromatic carbocycles. The Kier molecular flexibility index (Phi) is 5.67. The van der Waals surface area contributed by atoms with E-state index in [1.54, 1.807) is 6.92 Å². The van der Waals surface area contributed by atoms with Crippen molar-refractivity contribution in [2.75, 3.05) is 11.9 Å². The van der Waals surface area contributed by atoms with Crippen LogP contribution in [0.3, 0.4) is 0 Å². The summed E-state index contributed by atoms with van der Waals surface area (Å²) in [6.07, 6.45) is -3.34. The Morgan fingerprint density at radius 3 is 2.61 bits per heavy atom. The summed E-state index contributed by atoms with van der Waals surface area (Å²) in [6, 6.07) is 12.1. The van der Waals surface area contributed by atoms with Gasteiger partial charge in [0.25, 0.3) is 0 Å². The van der Waals surface area contributed by atoms with Gasteiger partial charge in [0.05, 0.1) is 30.0 Å². The quantitative estimate of drug-likeness (QED) is 0.648. The van der Waals surface area contributed by atoms with Crippen molar-refractivity contribution < 1.29 is 27.1 Å². The first-order valence-corrected chi connectivity index (χ1v) is 8.50. The summed E-state index contributed by atoms with van der Waals surface area (Å²) < 4.78 is 49.5. The predicted octanol–water partition coefficient (Wildman–Crippen LogP) is 4.94. The molecule has 0 bridgehead atoms. The summed E-state index contributed by atoms with van der Waals surface area (Å²) in [5, 5.41) is 2.46. The fraction of sp³-hybridized carbons (Fsp3) is 0.200. The van der Waals surface area contributed by atoms with Gasteiger partial charge in [0, 0.05) is 5.56 Å². The lowest BCUT2D eigenvalue weighted by molar-refractivity contribution is -0.137. The molecule has 0 aliphatic heterocycles. The number of rotatable bonds is 6. The van der Waals surface area contributed by atoms with Crippen molar-refractivity contribution >= 4 is 11.6 Å². The number of ether oxygens (including phenoxy) is 1. The van der Waals surface area contributed by atoms with Crippen LogP contribution in [0.1, 0.15) is 18.2 Å².